The van der Waals surface area contributed by atoms with E-state index in [2.05, 4.69) is 24.5 Å². The van der Waals surface area contributed by atoms with E-state index in [1.165, 1.54) is 77.0 Å². The average molecular weight is 751 g/mol. The van der Waals surface area contributed by atoms with E-state index in [1.54, 1.807) is 0 Å². The highest BCUT2D eigenvalue weighted by atomic mass is 16.6. The molecule has 0 saturated heterocycles. The maximum absolute atomic E-state index is 12.2. The largest absolute Gasteiger partial charge is 0.480 e. The van der Waals surface area contributed by atoms with E-state index in [0.29, 0.717) is 106 Å². The number of hydrogen-bond donors (Lipinski definition) is 4. The van der Waals surface area contributed by atoms with Crippen molar-refractivity contribution >= 4 is 11.9 Å². The van der Waals surface area contributed by atoms with Crippen LogP contribution < -0.4 is 10.6 Å². The van der Waals surface area contributed by atoms with Crippen molar-refractivity contribution in [2.45, 2.75) is 123 Å². The molecule has 0 saturated carbocycles. The zero-order valence-electron chi connectivity index (χ0n) is 33.1. The number of carbonyl (C=O) groups is 2. The Kier molecular flexibility index (Phi) is 41.2. The second-order valence-corrected chi connectivity index (χ2v) is 13.5. The van der Waals surface area contributed by atoms with Gasteiger partial charge in [-0.3, -0.25) is 9.59 Å². The van der Waals surface area contributed by atoms with Gasteiger partial charge in [-0.15, -0.1) is 0 Å². The van der Waals surface area contributed by atoms with Crippen LogP contribution in [0.1, 0.15) is 117 Å². The molecule has 310 valence electrons. The molecule has 0 spiro atoms. The first-order valence-corrected chi connectivity index (χ1v) is 20.3. The topological polar surface area (TPSA) is 163 Å². The van der Waals surface area contributed by atoms with Gasteiger partial charge in [0.05, 0.1) is 99.1 Å². The van der Waals surface area contributed by atoms with Crippen LogP contribution in [0.15, 0.2) is 0 Å². The van der Waals surface area contributed by atoms with Gasteiger partial charge in [0.1, 0.15) is 6.04 Å². The Bertz CT molecular complexity index is 749. The fourth-order valence-corrected chi connectivity index (χ4v) is 5.32. The lowest BCUT2D eigenvalue weighted by molar-refractivity contribution is -0.139. The van der Waals surface area contributed by atoms with Gasteiger partial charge in [-0.2, -0.15) is 0 Å². The van der Waals surface area contributed by atoms with Crippen molar-refractivity contribution in [2.24, 2.45) is 5.92 Å². The summed E-state index contributed by atoms with van der Waals surface area (Å²) in [7, 11) is 0. The SMILES string of the molecule is CC(C)CCCCCCCCCCCCCCCNC(CCC(=O)NCCOCCOCCOCCOCCOCCOCCOCCO)C(=O)O. The van der Waals surface area contributed by atoms with E-state index < -0.39 is 12.0 Å². The van der Waals surface area contributed by atoms with E-state index in [4.69, 9.17) is 38.3 Å². The summed E-state index contributed by atoms with van der Waals surface area (Å²) >= 11 is 0. The number of ether oxygens (including phenoxy) is 7. The molecule has 0 aliphatic heterocycles. The third-order valence-corrected chi connectivity index (χ3v) is 8.34. The Hall–Kier alpha value is -1.42. The van der Waals surface area contributed by atoms with Gasteiger partial charge in [-0.25, -0.2) is 0 Å². The predicted molar refractivity (Wildman–Crippen MR) is 204 cm³/mol. The third kappa shape index (κ3) is 41.3. The van der Waals surface area contributed by atoms with Crippen LogP contribution in [-0.2, 0) is 42.7 Å². The fourth-order valence-electron chi connectivity index (χ4n) is 5.32. The first-order chi connectivity index (χ1) is 25.5. The summed E-state index contributed by atoms with van der Waals surface area (Å²) in [6, 6.07) is -0.711. The van der Waals surface area contributed by atoms with Crippen LogP contribution in [0.2, 0.25) is 0 Å². The minimum atomic E-state index is -0.913. The van der Waals surface area contributed by atoms with Gasteiger partial charge in [0, 0.05) is 13.0 Å². The monoisotopic (exact) mass is 751 g/mol. The van der Waals surface area contributed by atoms with Gasteiger partial charge < -0.3 is 54.0 Å². The number of unbranched alkanes of at least 4 members (excludes halogenated alkanes) is 12. The number of carboxylic acids is 1. The molecule has 0 bridgehead atoms. The van der Waals surface area contributed by atoms with Crippen LogP contribution in [0.5, 0.6) is 0 Å². The Morgan fingerprint density at radius 3 is 1.23 bits per heavy atom. The van der Waals surface area contributed by atoms with Gasteiger partial charge in [-0.05, 0) is 25.3 Å². The molecule has 1 atom stereocenters. The zero-order valence-corrected chi connectivity index (χ0v) is 33.1. The molecule has 0 aromatic carbocycles. The third-order valence-electron chi connectivity index (χ3n) is 8.34. The summed E-state index contributed by atoms with van der Waals surface area (Å²) in [5, 5.41) is 24.0. The molecule has 4 N–H and O–H groups in total. The number of aliphatic hydroxyl groups excluding tert-OH is 1. The molecular formula is C39H78N2O11. The van der Waals surface area contributed by atoms with E-state index in [9.17, 15) is 14.7 Å². The summed E-state index contributed by atoms with van der Waals surface area (Å²) < 4.78 is 37.7. The Morgan fingerprint density at radius 2 is 0.846 bits per heavy atom. The summed E-state index contributed by atoms with van der Waals surface area (Å²) in [5.41, 5.74) is 0. The molecule has 0 rings (SSSR count). The van der Waals surface area contributed by atoms with E-state index in [0.717, 1.165) is 18.8 Å². The molecular weight excluding hydrogens is 672 g/mol. The quantitative estimate of drug-likeness (QED) is 0.0607. The summed E-state index contributed by atoms with van der Waals surface area (Å²) in [4.78, 5) is 23.8. The predicted octanol–water partition coefficient (Wildman–Crippen LogP) is 5.15. The molecule has 0 radical (unpaired) electrons. The van der Waals surface area contributed by atoms with Gasteiger partial charge in [0.2, 0.25) is 5.91 Å². The highest BCUT2D eigenvalue weighted by Crippen LogP contribution is 2.14. The van der Waals surface area contributed by atoms with Gasteiger partial charge in [-0.1, -0.05) is 97.3 Å². The highest BCUT2D eigenvalue weighted by molar-refractivity contribution is 5.78. The number of carboxylic acid groups (broad SMARTS) is 1. The maximum Gasteiger partial charge on any atom is 0.320 e. The van der Waals surface area contributed by atoms with E-state index in [1.807, 2.05) is 0 Å². The normalized spacial score (nSPS) is 12.2. The average Bonchev–Trinajstić information content (AvgIpc) is 3.12. The molecule has 0 aliphatic rings. The smallest absolute Gasteiger partial charge is 0.320 e. The van der Waals surface area contributed by atoms with Crippen molar-refractivity contribution in [3.8, 4) is 0 Å². The molecule has 13 heteroatoms. The summed E-state index contributed by atoms with van der Waals surface area (Å²) in [6.45, 7) is 11.9. The van der Waals surface area contributed by atoms with E-state index in [-0.39, 0.29) is 25.4 Å². The van der Waals surface area contributed by atoms with Crippen LogP contribution in [0.25, 0.3) is 0 Å². The number of carbonyl (C=O) groups excluding carboxylic acids is 1. The molecule has 1 unspecified atom stereocenters. The van der Waals surface area contributed by atoms with Crippen LogP contribution in [0, 0.1) is 5.92 Å². The molecule has 0 aromatic rings. The molecule has 0 heterocycles. The van der Waals surface area contributed by atoms with Gasteiger partial charge in [0.15, 0.2) is 0 Å². The number of amides is 1. The minimum absolute atomic E-state index is 0.0162. The Balaban J connectivity index is 3.43. The highest BCUT2D eigenvalue weighted by Gasteiger charge is 2.17. The second kappa shape index (κ2) is 42.3. The first kappa shape index (κ1) is 50.6. The molecule has 52 heavy (non-hydrogen) atoms. The summed E-state index contributed by atoms with van der Waals surface area (Å²) in [6.07, 6.45) is 18.6. The van der Waals surface area contributed by atoms with E-state index >= 15 is 0 Å². The second-order valence-electron chi connectivity index (χ2n) is 13.5. The van der Waals surface area contributed by atoms with Crippen molar-refractivity contribution in [3.05, 3.63) is 0 Å². The fraction of sp³-hybridized carbons (Fsp3) is 0.949. The lowest BCUT2D eigenvalue weighted by Gasteiger charge is -2.14. The van der Waals surface area contributed by atoms with Crippen molar-refractivity contribution in [1.29, 1.82) is 0 Å². The standard InChI is InChI=1S/C39H78N2O11/c1-36(2)16-14-12-10-8-6-4-3-5-7-9-11-13-15-19-40-37(39(44)45)17-18-38(43)41-20-22-46-24-26-48-28-30-50-32-34-52-35-33-51-31-29-49-27-25-47-23-21-42/h36-37,40,42H,3-35H2,1-2H3,(H,41,43)(H,44,45). The Labute approximate surface area is 315 Å². The molecule has 1 amide bonds. The zero-order chi connectivity index (χ0) is 38.0. The number of aliphatic hydroxyl groups is 1. The molecule has 13 nitrogen and oxygen atoms in total. The maximum atomic E-state index is 12.2. The number of nitrogens with one attached hydrogen (secondary N) is 2. The Morgan fingerprint density at radius 1 is 0.481 bits per heavy atom. The number of aliphatic carboxylic acids is 1. The molecule has 0 fully saturated rings. The van der Waals surface area contributed by atoms with Crippen molar-refractivity contribution in [1.82, 2.24) is 10.6 Å². The van der Waals surface area contributed by atoms with Gasteiger partial charge in [0.25, 0.3) is 0 Å². The molecule has 0 aromatic heterocycles. The van der Waals surface area contributed by atoms with Crippen LogP contribution in [0.4, 0.5) is 0 Å². The van der Waals surface area contributed by atoms with Crippen LogP contribution in [-0.4, -0.2) is 140 Å². The van der Waals surface area contributed by atoms with Gasteiger partial charge >= 0.3 is 5.97 Å². The van der Waals surface area contributed by atoms with Crippen molar-refractivity contribution in [2.75, 3.05) is 112 Å². The number of hydrogen-bond acceptors (Lipinski definition) is 11. The lowest BCUT2D eigenvalue weighted by Crippen LogP contribution is -2.38. The van der Waals surface area contributed by atoms with Crippen LogP contribution in [0.3, 0.4) is 0 Å². The van der Waals surface area contributed by atoms with Crippen molar-refractivity contribution < 1.29 is 53.0 Å². The molecule has 0 aliphatic carbocycles. The van der Waals surface area contributed by atoms with Crippen molar-refractivity contribution in [3.63, 3.8) is 0 Å². The summed E-state index contributed by atoms with van der Waals surface area (Å²) in [5.74, 6) is -0.252. The first-order valence-electron chi connectivity index (χ1n) is 20.3. The van der Waals surface area contributed by atoms with Crippen LogP contribution >= 0.6 is 0 Å². The minimum Gasteiger partial charge on any atom is -0.480 e. The lowest BCUT2D eigenvalue weighted by atomic mass is 10.0. The number of rotatable bonds is 44.